The SMILES string of the molecule is COc1cccc(C(O)CS(=O)(=O)c2ccc(Cl)cc2)c1. The van der Waals surface area contributed by atoms with Crippen molar-refractivity contribution in [3.05, 3.63) is 59.1 Å². The van der Waals surface area contributed by atoms with E-state index < -0.39 is 21.7 Å². The maximum atomic E-state index is 12.2. The second-order valence-electron chi connectivity index (χ2n) is 4.53. The lowest BCUT2D eigenvalue weighted by atomic mass is 10.1. The van der Waals surface area contributed by atoms with Crippen LogP contribution in [0.3, 0.4) is 0 Å². The van der Waals surface area contributed by atoms with Gasteiger partial charge in [-0.25, -0.2) is 8.42 Å². The average Bonchev–Trinajstić information content (AvgIpc) is 2.47. The van der Waals surface area contributed by atoms with Crippen molar-refractivity contribution in [1.82, 2.24) is 0 Å². The van der Waals surface area contributed by atoms with Gasteiger partial charge in [0, 0.05) is 5.02 Å². The molecule has 2 aromatic rings. The zero-order valence-electron chi connectivity index (χ0n) is 11.4. The van der Waals surface area contributed by atoms with Crippen molar-refractivity contribution in [1.29, 1.82) is 0 Å². The van der Waals surface area contributed by atoms with E-state index in [1.807, 2.05) is 0 Å². The monoisotopic (exact) mass is 326 g/mol. The van der Waals surface area contributed by atoms with E-state index in [0.29, 0.717) is 16.3 Å². The Morgan fingerprint density at radius 2 is 1.86 bits per heavy atom. The van der Waals surface area contributed by atoms with Crippen LogP contribution in [0, 0.1) is 0 Å². The van der Waals surface area contributed by atoms with Gasteiger partial charge in [0.25, 0.3) is 0 Å². The summed E-state index contributed by atoms with van der Waals surface area (Å²) in [6.45, 7) is 0. The van der Waals surface area contributed by atoms with E-state index in [-0.39, 0.29) is 4.90 Å². The Morgan fingerprint density at radius 1 is 1.19 bits per heavy atom. The van der Waals surface area contributed by atoms with Gasteiger partial charge in [0.2, 0.25) is 0 Å². The predicted molar refractivity (Wildman–Crippen MR) is 81.5 cm³/mol. The molecule has 0 heterocycles. The third kappa shape index (κ3) is 3.97. The Balaban J connectivity index is 2.21. The first-order valence-electron chi connectivity index (χ1n) is 6.23. The van der Waals surface area contributed by atoms with Gasteiger partial charge < -0.3 is 9.84 Å². The van der Waals surface area contributed by atoms with Gasteiger partial charge in [0.1, 0.15) is 5.75 Å². The van der Waals surface area contributed by atoms with Crippen molar-refractivity contribution in [3.8, 4) is 5.75 Å². The number of hydrogen-bond donors (Lipinski definition) is 1. The van der Waals surface area contributed by atoms with Crippen LogP contribution in [-0.2, 0) is 9.84 Å². The Kier molecular flexibility index (Phi) is 4.88. The third-order valence-corrected chi connectivity index (χ3v) is 5.03. The molecule has 0 saturated carbocycles. The standard InChI is InChI=1S/C15H15ClO4S/c1-20-13-4-2-3-11(9-13)15(17)10-21(18,19)14-7-5-12(16)6-8-14/h2-9,15,17H,10H2,1H3. The average molecular weight is 327 g/mol. The maximum Gasteiger partial charge on any atom is 0.181 e. The van der Waals surface area contributed by atoms with Crippen LogP contribution in [0.4, 0.5) is 0 Å². The zero-order chi connectivity index (χ0) is 15.5. The molecule has 0 bridgehead atoms. The van der Waals surface area contributed by atoms with Crippen molar-refractivity contribution < 1.29 is 18.3 Å². The van der Waals surface area contributed by atoms with Crippen LogP contribution < -0.4 is 4.74 Å². The van der Waals surface area contributed by atoms with E-state index >= 15 is 0 Å². The highest BCUT2D eigenvalue weighted by Gasteiger charge is 2.21. The highest BCUT2D eigenvalue weighted by atomic mass is 35.5. The van der Waals surface area contributed by atoms with Gasteiger partial charge in [-0.1, -0.05) is 23.7 Å². The van der Waals surface area contributed by atoms with E-state index in [1.54, 1.807) is 24.3 Å². The van der Waals surface area contributed by atoms with E-state index in [0.717, 1.165) is 0 Å². The van der Waals surface area contributed by atoms with Crippen molar-refractivity contribution in [2.75, 3.05) is 12.9 Å². The maximum absolute atomic E-state index is 12.2. The molecule has 2 aromatic carbocycles. The van der Waals surface area contributed by atoms with Gasteiger partial charge in [-0.2, -0.15) is 0 Å². The number of rotatable bonds is 5. The molecule has 1 N–H and O–H groups in total. The first-order chi connectivity index (χ1) is 9.92. The normalized spacial score (nSPS) is 12.9. The molecule has 0 spiro atoms. The number of aliphatic hydroxyl groups excluding tert-OH is 1. The fraction of sp³-hybridized carbons (Fsp3) is 0.200. The molecule has 0 radical (unpaired) electrons. The third-order valence-electron chi connectivity index (χ3n) is 3.03. The molecule has 0 saturated heterocycles. The van der Waals surface area contributed by atoms with Crippen LogP contribution >= 0.6 is 11.6 Å². The Morgan fingerprint density at radius 3 is 2.48 bits per heavy atom. The highest BCUT2D eigenvalue weighted by molar-refractivity contribution is 7.91. The first-order valence-corrected chi connectivity index (χ1v) is 8.26. The largest absolute Gasteiger partial charge is 0.497 e. The fourth-order valence-corrected chi connectivity index (χ4v) is 3.37. The summed E-state index contributed by atoms with van der Waals surface area (Å²) in [5.74, 6) is 0.164. The Labute approximate surface area is 128 Å². The summed E-state index contributed by atoms with van der Waals surface area (Å²) in [5, 5.41) is 10.6. The molecule has 2 rings (SSSR count). The van der Waals surface area contributed by atoms with E-state index in [9.17, 15) is 13.5 Å². The molecule has 0 amide bonds. The summed E-state index contributed by atoms with van der Waals surface area (Å²) in [4.78, 5) is 0.133. The Bertz CT molecular complexity index is 711. The van der Waals surface area contributed by atoms with Crippen LogP contribution in [0.25, 0.3) is 0 Å². The number of ether oxygens (including phenoxy) is 1. The summed E-state index contributed by atoms with van der Waals surface area (Å²) in [7, 11) is -2.08. The molecule has 0 aromatic heterocycles. The topological polar surface area (TPSA) is 63.6 Å². The number of benzene rings is 2. The van der Waals surface area contributed by atoms with Crippen molar-refractivity contribution in [2.24, 2.45) is 0 Å². The summed E-state index contributed by atoms with van der Waals surface area (Å²) in [6, 6.07) is 12.6. The lowest BCUT2D eigenvalue weighted by Crippen LogP contribution is -2.14. The van der Waals surface area contributed by atoms with E-state index in [1.165, 1.54) is 31.4 Å². The Hall–Kier alpha value is -1.56. The van der Waals surface area contributed by atoms with Gasteiger partial charge in [0.05, 0.1) is 23.9 Å². The van der Waals surface area contributed by atoms with Gasteiger partial charge in [-0.3, -0.25) is 0 Å². The molecule has 4 nitrogen and oxygen atoms in total. The number of aliphatic hydroxyl groups is 1. The predicted octanol–water partition coefficient (Wildman–Crippen LogP) is 2.86. The quantitative estimate of drug-likeness (QED) is 0.917. The fourth-order valence-electron chi connectivity index (χ4n) is 1.89. The number of halogens is 1. The molecule has 0 aliphatic rings. The molecule has 6 heteroatoms. The molecule has 0 fully saturated rings. The number of hydrogen-bond acceptors (Lipinski definition) is 4. The van der Waals surface area contributed by atoms with Crippen molar-refractivity contribution >= 4 is 21.4 Å². The molecular formula is C15H15ClO4S. The lowest BCUT2D eigenvalue weighted by Gasteiger charge is -2.13. The number of sulfone groups is 1. The van der Waals surface area contributed by atoms with Crippen LogP contribution in [0.2, 0.25) is 5.02 Å². The summed E-state index contributed by atoms with van der Waals surface area (Å²) in [6.07, 6.45) is -1.12. The highest BCUT2D eigenvalue weighted by Crippen LogP contribution is 2.23. The zero-order valence-corrected chi connectivity index (χ0v) is 12.9. The lowest BCUT2D eigenvalue weighted by molar-refractivity contribution is 0.201. The van der Waals surface area contributed by atoms with Crippen LogP contribution in [0.15, 0.2) is 53.4 Å². The van der Waals surface area contributed by atoms with Crippen molar-refractivity contribution in [3.63, 3.8) is 0 Å². The summed E-state index contributed by atoms with van der Waals surface area (Å²) >= 11 is 5.74. The first kappa shape index (κ1) is 15.8. The van der Waals surface area contributed by atoms with Crippen LogP contribution in [-0.4, -0.2) is 26.4 Å². The molecule has 21 heavy (non-hydrogen) atoms. The van der Waals surface area contributed by atoms with Gasteiger partial charge >= 0.3 is 0 Å². The van der Waals surface area contributed by atoms with Gasteiger partial charge in [-0.15, -0.1) is 0 Å². The number of methoxy groups -OCH3 is 1. The van der Waals surface area contributed by atoms with Crippen LogP contribution in [0.5, 0.6) is 5.75 Å². The van der Waals surface area contributed by atoms with E-state index in [4.69, 9.17) is 16.3 Å². The van der Waals surface area contributed by atoms with Crippen molar-refractivity contribution in [2.45, 2.75) is 11.0 Å². The minimum Gasteiger partial charge on any atom is -0.497 e. The molecule has 1 atom stereocenters. The van der Waals surface area contributed by atoms with Gasteiger partial charge in [-0.05, 0) is 42.0 Å². The molecule has 0 aliphatic heterocycles. The van der Waals surface area contributed by atoms with Crippen LogP contribution in [0.1, 0.15) is 11.7 Å². The second-order valence-corrected chi connectivity index (χ2v) is 7.00. The van der Waals surface area contributed by atoms with E-state index in [2.05, 4.69) is 0 Å². The van der Waals surface area contributed by atoms with Gasteiger partial charge in [0.15, 0.2) is 9.84 Å². The molecule has 1 unspecified atom stereocenters. The minimum atomic E-state index is -3.59. The summed E-state index contributed by atoms with van der Waals surface area (Å²) < 4.78 is 29.6. The molecule has 112 valence electrons. The molecule has 0 aliphatic carbocycles. The smallest absolute Gasteiger partial charge is 0.181 e. The summed E-state index contributed by atoms with van der Waals surface area (Å²) in [5.41, 5.74) is 0.492. The second kappa shape index (κ2) is 6.47. The minimum absolute atomic E-state index is 0.133. The molecular weight excluding hydrogens is 312 g/mol.